The van der Waals surface area contributed by atoms with Crippen molar-refractivity contribution in [2.45, 2.75) is 130 Å². The lowest BCUT2D eigenvalue weighted by Gasteiger charge is -2.52. The van der Waals surface area contributed by atoms with E-state index in [1.165, 1.54) is 33.4 Å². The van der Waals surface area contributed by atoms with Gasteiger partial charge in [0.2, 0.25) is 0 Å². The molecule has 0 bridgehead atoms. The Morgan fingerprint density at radius 2 is 0.943 bits per heavy atom. The van der Waals surface area contributed by atoms with Gasteiger partial charge in [-0.15, -0.1) is 0 Å². The lowest BCUT2D eigenvalue weighted by atomic mass is 9.85. The molecule has 1 aliphatic rings. The molecule has 0 radical (unpaired) electrons. The van der Waals surface area contributed by atoms with E-state index in [4.69, 9.17) is 4.41 Å². The molecule has 194 valence electrons. The zero-order valence-electron chi connectivity index (χ0n) is 25.4. The average Bonchev–Trinajstić information content (AvgIpc) is 2.95. The van der Waals surface area contributed by atoms with Gasteiger partial charge in [-0.25, -0.2) is 0 Å². The Morgan fingerprint density at radius 1 is 0.600 bits per heavy atom. The first-order chi connectivity index (χ1) is 15.5. The van der Waals surface area contributed by atoms with Crippen LogP contribution in [0, 0.1) is 0 Å². The Morgan fingerprint density at radius 3 is 1.20 bits per heavy atom. The van der Waals surface area contributed by atoms with Crippen LogP contribution < -0.4 is 0 Å². The van der Waals surface area contributed by atoms with Crippen LogP contribution in [-0.4, -0.2) is 18.5 Å². The van der Waals surface area contributed by atoms with Crippen LogP contribution >= 0.6 is 7.05 Å². The van der Waals surface area contributed by atoms with E-state index in [9.17, 15) is 0 Å². The highest BCUT2D eigenvalue weighted by Gasteiger charge is 2.53. The van der Waals surface area contributed by atoms with Crippen LogP contribution in [-0.2, 0) is 10.8 Å². The Hall–Kier alpha value is -1.11. The van der Waals surface area contributed by atoms with Crippen molar-refractivity contribution in [1.29, 1.82) is 0 Å². The highest BCUT2D eigenvalue weighted by Crippen LogP contribution is 2.81. The maximum absolute atomic E-state index is 6.10. The average molecular weight is 510 g/mol. The van der Waals surface area contributed by atoms with Crippen LogP contribution in [0.1, 0.15) is 111 Å². The summed E-state index contributed by atoms with van der Waals surface area (Å²) in [6.07, 6.45) is 0. The molecule has 0 saturated carbocycles. The minimum atomic E-state index is -1.96. The molecule has 3 rings (SSSR count). The third-order valence-electron chi connectivity index (χ3n) is 7.59. The van der Waals surface area contributed by atoms with E-state index in [0.29, 0.717) is 5.66 Å². The summed E-state index contributed by atoms with van der Waals surface area (Å²) >= 11 is 0. The molecule has 0 unspecified atom stereocenters. The van der Waals surface area contributed by atoms with Crippen molar-refractivity contribution in [3.8, 4) is 11.1 Å². The van der Waals surface area contributed by atoms with E-state index in [-0.39, 0.29) is 21.1 Å². The number of hydrogen-bond acceptors (Lipinski definition) is 1. The summed E-state index contributed by atoms with van der Waals surface area (Å²) in [7, 11) is -3.70. The first-order valence-corrected chi connectivity index (χ1v) is 18.7. The first-order valence-electron chi connectivity index (χ1n) is 13.4. The lowest BCUT2D eigenvalue weighted by molar-refractivity contribution is 0.589. The van der Waals surface area contributed by atoms with Crippen molar-refractivity contribution in [3.63, 3.8) is 0 Å². The van der Waals surface area contributed by atoms with Gasteiger partial charge in [-0.1, -0.05) is 139 Å². The van der Waals surface area contributed by atoms with E-state index < -0.39 is 15.3 Å². The third kappa shape index (κ3) is 5.04. The zero-order valence-corrected chi connectivity index (χ0v) is 27.3. The fraction of sp³-hybridized carbons (Fsp3) is 0.625. The van der Waals surface area contributed by atoms with Gasteiger partial charge < -0.3 is 4.41 Å². The quantitative estimate of drug-likeness (QED) is 0.282. The number of nitrogens with zero attached hydrogens (tertiary/aromatic N) is 1. The minimum absolute atomic E-state index is 0.0878. The molecule has 0 heterocycles. The molecule has 0 atom stereocenters. The van der Waals surface area contributed by atoms with Crippen LogP contribution in [0.15, 0.2) is 40.8 Å². The smallest absolute Gasteiger partial charge is 0.170 e. The minimum Gasteiger partial charge on any atom is -0.336 e. The topological polar surface area (TPSA) is 12.4 Å². The number of fused-ring (bicyclic) bond motifs is 3. The molecule has 0 fully saturated rings. The molecular formula is C32H52NPSi. The maximum atomic E-state index is 6.10. The Labute approximate surface area is 218 Å². The van der Waals surface area contributed by atoms with Gasteiger partial charge in [0.05, 0.1) is 0 Å². The van der Waals surface area contributed by atoms with Crippen molar-refractivity contribution in [1.82, 2.24) is 0 Å². The normalized spacial score (nSPS) is 15.7. The van der Waals surface area contributed by atoms with Crippen LogP contribution in [0.2, 0.25) is 19.6 Å². The summed E-state index contributed by atoms with van der Waals surface area (Å²) in [4.78, 5) is 0. The van der Waals surface area contributed by atoms with Crippen molar-refractivity contribution in [3.05, 3.63) is 58.7 Å². The Kier molecular flexibility index (Phi) is 6.87. The molecule has 0 saturated heterocycles. The van der Waals surface area contributed by atoms with Crippen molar-refractivity contribution in [2.75, 3.05) is 0 Å². The largest absolute Gasteiger partial charge is 0.336 e. The number of rotatable bonds is 2. The predicted octanol–water partition coefficient (Wildman–Crippen LogP) is 11.0. The fourth-order valence-corrected chi connectivity index (χ4v) is 17.6. The van der Waals surface area contributed by atoms with Gasteiger partial charge in [0.15, 0.2) is 8.24 Å². The molecular weight excluding hydrogens is 457 g/mol. The molecule has 0 amide bonds. The molecule has 2 aromatic carbocycles. The Bertz CT molecular complexity index is 1090. The van der Waals surface area contributed by atoms with Gasteiger partial charge in [0.25, 0.3) is 0 Å². The first kappa shape index (κ1) is 28.5. The summed E-state index contributed by atoms with van der Waals surface area (Å²) in [5.74, 6) is 0. The van der Waals surface area contributed by atoms with E-state index in [1.54, 1.807) is 0 Å². The predicted molar refractivity (Wildman–Crippen MR) is 163 cm³/mol. The SMILES string of the molecule is CC(C)(C)c1ccc2c(c1)C(P(=N[Si](C)(C)C)(C(C)(C)C)C(C)(C)C)c1cc(C(C)(C)C)ccc1-2. The van der Waals surface area contributed by atoms with Crippen molar-refractivity contribution < 1.29 is 0 Å². The second-order valence-electron chi connectivity index (χ2n) is 15.8. The summed E-state index contributed by atoms with van der Waals surface area (Å²) in [6.45, 7) is 36.2. The van der Waals surface area contributed by atoms with Gasteiger partial charge in [0, 0.05) is 5.66 Å². The van der Waals surface area contributed by atoms with Crippen LogP contribution in [0.5, 0.6) is 0 Å². The zero-order chi connectivity index (χ0) is 27.0. The second-order valence-corrected chi connectivity index (χ2v) is 25.5. The molecule has 2 aromatic rings. The van der Waals surface area contributed by atoms with Crippen LogP contribution in [0.4, 0.5) is 0 Å². The van der Waals surface area contributed by atoms with Gasteiger partial charge >= 0.3 is 0 Å². The van der Waals surface area contributed by atoms with Crippen molar-refractivity contribution >= 4 is 15.3 Å². The summed E-state index contributed by atoms with van der Waals surface area (Å²) in [6, 6.07) is 14.7. The van der Waals surface area contributed by atoms with E-state index in [2.05, 4.69) is 139 Å². The molecule has 35 heavy (non-hydrogen) atoms. The van der Waals surface area contributed by atoms with Gasteiger partial charge in [0.1, 0.15) is 0 Å². The molecule has 0 spiro atoms. The molecule has 0 N–H and O–H groups in total. The molecule has 0 aliphatic heterocycles. The number of benzene rings is 2. The van der Waals surface area contributed by atoms with Crippen molar-refractivity contribution in [2.24, 2.45) is 4.41 Å². The van der Waals surface area contributed by atoms with Crippen LogP contribution in [0.3, 0.4) is 0 Å². The second kappa shape index (κ2) is 8.46. The summed E-state index contributed by atoms with van der Waals surface area (Å²) in [5, 5.41) is 0.176. The maximum Gasteiger partial charge on any atom is 0.170 e. The summed E-state index contributed by atoms with van der Waals surface area (Å²) < 4.78 is 6.10. The highest BCUT2D eigenvalue weighted by atomic mass is 31.2. The molecule has 1 nitrogen and oxygen atoms in total. The fourth-order valence-electron chi connectivity index (χ4n) is 6.18. The monoisotopic (exact) mass is 509 g/mol. The van der Waals surface area contributed by atoms with Gasteiger partial charge in [-0.05, 0) is 61.6 Å². The lowest BCUT2D eigenvalue weighted by Crippen LogP contribution is -2.35. The number of hydrogen-bond donors (Lipinski definition) is 0. The molecule has 1 aliphatic carbocycles. The van der Waals surface area contributed by atoms with E-state index in [1.807, 2.05) is 0 Å². The van der Waals surface area contributed by atoms with E-state index >= 15 is 0 Å². The third-order valence-corrected chi connectivity index (χ3v) is 16.6. The molecule has 0 aromatic heterocycles. The van der Waals surface area contributed by atoms with E-state index in [0.717, 1.165) is 0 Å². The standard InChI is InChI=1S/C32H52NPSi/c1-29(2,3)22-16-18-24-25-19-17-23(30(4,5)6)21-27(25)28(26(24)20-22)34(31(7,8)9,32(10,11)12)33-35(13,14)15/h16-21,28H,1-15H3. The van der Waals surface area contributed by atoms with Gasteiger partial charge in [-0.2, -0.15) is 0 Å². The van der Waals surface area contributed by atoms with Gasteiger partial charge in [-0.3, -0.25) is 0 Å². The Balaban J connectivity index is 2.59. The summed E-state index contributed by atoms with van der Waals surface area (Å²) in [5.41, 5.74) is 9.35. The molecule has 3 heteroatoms. The van der Waals surface area contributed by atoms with Crippen LogP contribution in [0.25, 0.3) is 11.1 Å². The highest BCUT2D eigenvalue weighted by molar-refractivity contribution is 7.71.